The molecule has 2 aromatic carbocycles. The number of rotatable bonds is 3. The topological polar surface area (TPSA) is 105 Å². The molecule has 1 aliphatic carbocycles. The highest BCUT2D eigenvalue weighted by Gasteiger charge is 2.72. The summed E-state index contributed by atoms with van der Waals surface area (Å²) in [5.74, 6) is -2.95. The first-order valence-corrected chi connectivity index (χ1v) is 9.42. The number of ether oxygens (including phenoxy) is 1. The largest absolute Gasteiger partial charge is 0.454 e. The lowest BCUT2D eigenvalue weighted by molar-refractivity contribution is -0.175. The van der Waals surface area contributed by atoms with Crippen molar-refractivity contribution in [3.63, 3.8) is 0 Å². The first-order chi connectivity index (χ1) is 13.6. The van der Waals surface area contributed by atoms with Crippen molar-refractivity contribution in [3.8, 4) is 5.75 Å². The van der Waals surface area contributed by atoms with E-state index in [-0.39, 0.29) is 28.6 Å². The van der Waals surface area contributed by atoms with E-state index >= 15 is 0 Å². The van der Waals surface area contributed by atoms with Gasteiger partial charge in [-0.05, 0) is 23.6 Å². The summed E-state index contributed by atoms with van der Waals surface area (Å²) in [7, 11) is 0. The van der Waals surface area contributed by atoms with Gasteiger partial charge < -0.3 is 20.5 Å². The van der Waals surface area contributed by atoms with Crippen molar-refractivity contribution >= 4 is 23.3 Å². The fourth-order valence-corrected chi connectivity index (χ4v) is 4.28. The maximum Gasteiger partial charge on any atom is 0.271 e. The number of hydrogen-bond acceptors (Lipinski definition) is 5. The molecular weight excluding hydrogens is 372 g/mol. The molecule has 0 saturated carbocycles. The fourth-order valence-electron chi connectivity index (χ4n) is 4.28. The number of amides is 2. The second-order valence-corrected chi connectivity index (χ2v) is 7.83. The van der Waals surface area contributed by atoms with Gasteiger partial charge in [-0.25, -0.2) is 0 Å². The summed E-state index contributed by atoms with van der Waals surface area (Å²) in [5.41, 5.74) is 0.110. The monoisotopic (exact) mass is 394 g/mol. The number of hydrogen-bond donors (Lipinski definition) is 3. The van der Waals surface area contributed by atoms with Crippen molar-refractivity contribution in [2.45, 2.75) is 44.9 Å². The van der Waals surface area contributed by atoms with E-state index in [9.17, 15) is 19.5 Å². The van der Waals surface area contributed by atoms with Gasteiger partial charge in [0.15, 0.2) is 0 Å². The Morgan fingerprint density at radius 2 is 1.79 bits per heavy atom. The third-order valence-corrected chi connectivity index (χ3v) is 5.51. The predicted molar refractivity (Wildman–Crippen MR) is 106 cm³/mol. The zero-order valence-electron chi connectivity index (χ0n) is 16.6. The molecule has 2 aromatic rings. The Kier molecular flexibility index (Phi) is 4.06. The Hall–Kier alpha value is -3.19. The minimum Gasteiger partial charge on any atom is -0.454 e. The third kappa shape index (κ3) is 2.43. The van der Waals surface area contributed by atoms with Crippen molar-refractivity contribution in [1.29, 1.82) is 0 Å². The van der Waals surface area contributed by atoms with Gasteiger partial charge in [0.1, 0.15) is 5.75 Å². The molecule has 2 atom stereocenters. The lowest BCUT2D eigenvalue weighted by Crippen LogP contribution is -2.59. The van der Waals surface area contributed by atoms with Crippen molar-refractivity contribution in [3.05, 3.63) is 58.7 Å². The van der Waals surface area contributed by atoms with Gasteiger partial charge in [0.2, 0.25) is 23.1 Å². The van der Waals surface area contributed by atoms with E-state index in [2.05, 4.69) is 10.6 Å². The normalized spacial score (nSPS) is 23.9. The van der Waals surface area contributed by atoms with Crippen LogP contribution >= 0.6 is 0 Å². The molecule has 150 valence electrons. The molecule has 0 saturated heterocycles. The van der Waals surface area contributed by atoms with E-state index in [0.29, 0.717) is 11.3 Å². The minimum atomic E-state index is -2.13. The lowest BCUT2D eigenvalue weighted by atomic mass is 9.82. The maximum atomic E-state index is 13.7. The smallest absolute Gasteiger partial charge is 0.271 e. The van der Waals surface area contributed by atoms with Gasteiger partial charge in [-0.3, -0.25) is 14.4 Å². The summed E-state index contributed by atoms with van der Waals surface area (Å²) in [5, 5.41) is 17.0. The van der Waals surface area contributed by atoms with E-state index in [4.69, 9.17) is 4.74 Å². The van der Waals surface area contributed by atoms with Gasteiger partial charge in [0.25, 0.3) is 5.79 Å². The van der Waals surface area contributed by atoms with Crippen LogP contribution in [0.25, 0.3) is 0 Å². The minimum absolute atomic E-state index is 0.123. The molecular formula is C22H22N2O5. The predicted octanol–water partition coefficient (Wildman–Crippen LogP) is 2.53. The van der Waals surface area contributed by atoms with Crippen LogP contribution in [0, 0.1) is 0 Å². The van der Waals surface area contributed by atoms with E-state index < -0.39 is 23.0 Å². The molecule has 7 heteroatoms. The molecule has 2 amide bonds. The van der Waals surface area contributed by atoms with Crippen molar-refractivity contribution in [2.24, 2.45) is 0 Å². The first-order valence-electron chi connectivity index (χ1n) is 9.42. The van der Waals surface area contributed by atoms with Crippen molar-refractivity contribution < 1.29 is 24.2 Å². The molecule has 3 N–H and O–H groups in total. The molecule has 29 heavy (non-hydrogen) atoms. The third-order valence-electron chi connectivity index (χ3n) is 5.51. The number of carbonyl (C=O) groups excluding carboxylic acids is 3. The van der Waals surface area contributed by atoms with Crippen LogP contribution in [0.2, 0.25) is 0 Å². The van der Waals surface area contributed by atoms with Crippen LogP contribution in [0.1, 0.15) is 60.7 Å². The molecule has 7 nitrogen and oxygen atoms in total. The van der Waals surface area contributed by atoms with Crippen LogP contribution in [0.4, 0.5) is 5.69 Å². The van der Waals surface area contributed by atoms with Crippen molar-refractivity contribution in [1.82, 2.24) is 5.32 Å². The molecule has 0 bridgehead atoms. The number of ketones is 1. The van der Waals surface area contributed by atoms with Gasteiger partial charge in [-0.2, -0.15) is 0 Å². The standard InChI is InChI=1S/C22H22N2O5/c1-11(2)14-8-9-15-18(10-14)29-22(28)16-6-5-7-17(23-12(3)25)19(16)20(27)21(15,22)24-13(4)26/h5-11,28H,1-4H3,(H,23,25)(H,24,26). The van der Waals surface area contributed by atoms with Gasteiger partial charge in [-0.15, -0.1) is 0 Å². The Bertz CT molecular complexity index is 1080. The average Bonchev–Trinajstić information content (AvgIpc) is 2.98. The molecule has 0 radical (unpaired) electrons. The van der Waals surface area contributed by atoms with Crippen LogP contribution in [0.15, 0.2) is 36.4 Å². The Morgan fingerprint density at radius 3 is 2.41 bits per heavy atom. The first kappa shape index (κ1) is 19.1. The van der Waals surface area contributed by atoms with Gasteiger partial charge >= 0.3 is 0 Å². The highest BCUT2D eigenvalue weighted by atomic mass is 16.6. The average molecular weight is 394 g/mol. The number of nitrogens with one attached hydrogen (secondary N) is 2. The summed E-state index contributed by atoms with van der Waals surface area (Å²) < 4.78 is 5.98. The molecule has 0 spiro atoms. The second-order valence-electron chi connectivity index (χ2n) is 7.83. The number of carbonyl (C=O) groups is 3. The fraction of sp³-hybridized carbons (Fsp3) is 0.318. The molecule has 1 aliphatic heterocycles. The van der Waals surface area contributed by atoms with E-state index in [1.807, 2.05) is 19.9 Å². The zero-order chi connectivity index (χ0) is 21.1. The van der Waals surface area contributed by atoms with E-state index in [1.165, 1.54) is 13.8 Å². The summed E-state index contributed by atoms with van der Waals surface area (Å²) >= 11 is 0. The van der Waals surface area contributed by atoms with Crippen LogP contribution in [0.5, 0.6) is 5.75 Å². The molecule has 4 rings (SSSR count). The number of benzene rings is 2. The molecule has 2 unspecified atom stereocenters. The molecule has 0 aromatic heterocycles. The summed E-state index contributed by atoms with van der Waals surface area (Å²) in [6, 6.07) is 10.1. The molecule has 1 heterocycles. The number of fused-ring (bicyclic) bond motifs is 5. The Morgan fingerprint density at radius 1 is 1.07 bits per heavy atom. The summed E-state index contributed by atoms with van der Waals surface area (Å²) in [6.07, 6.45) is 0. The second kappa shape index (κ2) is 6.15. The highest BCUT2D eigenvalue weighted by Crippen LogP contribution is 2.59. The molecule has 0 fully saturated rings. The van der Waals surface area contributed by atoms with Gasteiger partial charge in [0, 0.05) is 25.0 Å². The quantitative estimate of drug-likeness (QED) is 0.742. The SMILES string of the molecule is CC(=O)Nc1cccc2c1C(=O)C1(NC(C)=O)c3ccc(C(C)C)cc3OC21O. The number of Topliss-reactive ketones (excluding diaryl/α,β-unsaturated/α-hetero) is 1. The highest BCUT2D eigenvalue weighted by molar-refractivity contribution is 6.16. The Labute approximate surface area is 168 Å². The lowest BCUT2D eigenvalue weighted by Gasteiger charge is -2.34. The van der Waals surface area contributed by atoms with Crippen LogP contribution in [-0.2, 0) is 20.9 Å². The number of anilines is 1. The number of aliphatic hydroxyl groups is 1. The van der Waals surface area contributed by atoms with Crippen molar-refractivity contribution in [2.75, 3.05) is 5.32 Å². The van der Waals surface area contributed by atoms with Gasteiger partial charge in [0.05, 0.1) is 11.3 Å². The van der Waals surface area contributed by atoms with Gasteiger partial charge in [-0.1, -0.05) is 38.1 Å². The zero-order valence-corrected chi connectivity index (χ0v) is 16.6. The Balaban J connectivity index is 1.99. The van der Waals surface area contributed by atoms with E-state index in [0.717, 1.165) is 5.56 Å². The van der Waals surface area contributed by atoms with E-state index in [1.54, 1.807) is 30.3 Å². The maximum absolute atomic E-state index is 13.7. The van der Waals surface area contributed by atoms with Crippen LogP contribution < -0.4 is 15.4 Å². The molecule has 2 aliphatic rings. The summed E-state index contributed by atoms with van der Waals surface area (Å²) in [4.78, 5) is 37.5. The van der Waals surface area contributed by atoms with Crippen LogP contribution in [0.3, 0.4) is 0 Å². The van der Waals surface area contributed by atoms with Crippen LogP contribution in [-0.4, -0.2) is 22.7 Å². The summed E-state index contributed by atoms with van der Waals surface area (Å²) in [6.45, 7) is 6.66.